The summed E-state index contributed by atoms with van der Waals surface area (Å²) in [5, 5.41) is 20.5. The van der Waals surface area contributed by atoms with Crippen molar-refractivity contribution in [3.05, 3.63) is 11.8 Å². The highest BCUT2D eigenvalue weighted by atomic mass is 35.5. The fourth-order valence-corrected chi connectivity index (χ4v) is 2.09. The highest BCUT2D eigenvalue weighted by Crippen LogP contribution is 2.18. The van der Waals surface area contributed by atoms with Crippen molar-refractivity contribution in [3.8, 4) is 6.07 Å². The van der Waals surface area contributed by atoms with E-state index in [2.05, 4.69) is 5.32 Å². The molecule has 0 atom stereocenters. The van der Waals surface area contributed by atoms with E-state index in [9.17, 15) is 9.59 Å². The Morgan fingerprint density at radius 3 is 2.60 bits per heavy atom. The zero-order valence-corrected chi connectivity index (χ0v) is 11.9. The Morgan fingerprint density at radius 1 is 1.45 bits per heavy atom. The molecule has 0 bridgehead atoms. The summed E-state index contributed by atoms with van der Waals surface area (Å²) in [6, 6.07) is 1.87. The van der Waals surface area contributed by atoms with Crippen LogP contribution < -0.4 is 5.32 Å². The predicted octanol–water partition coefficient (Wildman–Crippen LogP) is 0.936. The lowest BCUT2D eigenvalue weighted by atomic mass is 9.97. The van der Waals surface area contributed by atoms with Gasteiger partial charge in [0.05, 0.1) is 5.92 Å². The van der Waals surface area contributed by atoms with E-state index >= 15 is 0 Å². The largest absolute Gasteiger partial charge is 0.481 e. The second-order valence-corrected chi connectivity index (χ2v) is 4.98. The average molecular weight is 300 g/mol. The average Bonchev–Trinajstić information content (AvgIpc) is 2.45. The molecule has 0 radical (unpaired) electrons. The van der Waals surface area contributed by atoms with Crippen molar-refractivity contribution in [3.63, 3.8) is 0 Å². The van der Waals surface area contributed by atoms with Gasteiger partial charge in [0, 0.05) is 31.7 Å². The molecule has 1 aliphatic rings. The molecule has 1 heterocycles. The molecule has 0 aromatic carbocycles. The minimum Gasteiger partial charge on any atom is -0.481 e. The fraction of sp³-hybridized carbons (Fsp3) is 0.615. The normalized spacial score (nSPS) is 16.6. The molecule has 0 aromatic rings. The lowest BCUT2D eigenvalue weighted by molar-refractivity contribution is -0.143. The highest BCUT2D eigenvalue weighted by Gasteiger charge is 2.23. The van der Waals surface area contributed by atoms with Gasteiger partial charge in [-0.05, 0) is 19.3 Å². The molecule has 20 heavy (non-hydrogen) atoms. The quantitative estimate of drug-likeness (QED) is 0.329. The number of nitriles is 1. The molecule has 2 N–H and O–H groups in total. The van der Waals surface area contributed by atoms with Gasteiger partial charge in [-0.2, -0.15) is 5.26 Å². The SMILES string of the molecule is N#C/C(=C/N1CCC(C(=O)O)CC1)C(=O)NCCCCl. The van der Waals surface area contributed by atoms with E-state index in [0.717, 1.165) is 0 Å². The van der Waals surface area contributed by atoms with Crippen molar-refractivity contribution in [1.82, 2.24) is 10.2 Å². The van der Waals surface area contributed by atoms with Crippen molar-refractivity contribution in [2.45, 2.75) is 19.3 Å². The number of nitrogens with zero attached hydrogens (tertiary/aromatic N) is 2. The van der Waals surface area contributed by atoms with Gasteiger partial charge >= 0.3 is 5.97 Å². The first-order chi connectivity index (χ1) is 9.58. The molecule has 0 unspecified atom stereocenters. The van der Waals surface area contributed by atoms with Gasteiger partial charge in [0.2, 0.25) is 0 Å². The van der Waals surface area contributed by atoms with Gasteiger partial charge in [0.1, 0.15) is 11.6 Å². The molecule has 7 heteroatoms. The Hall–Kier alpha value is -1.74. The first-order valence-corrected chi connectivity index (χ1v) is 7.05. The third kappa shape index (κ3) is 5.10. The first kappa shape index (κ1) is 16.3. The molecule has 0 aromatic heterocycles. The molecule has 0 saturated carbocycles. The van der Waals surface area contributed by atoms with E-state index in [1.165, 1.54) is 6.20 Å². The van der Waals surface area contributed by atoms with E-state index in [4.69, 9.17) is 22.0 Å². The Balaban J connectivity index is 2.52. The van der Waals surface area contributed by atoms with Gasteiger partial charge in [-0.1, -0.05) is 0 Å². The zero-order valence-electron chi connectivity index (χ0n) is 11.1. The number of likely N-dealkylation sites (tertiary alicyclic amines) is 1. The molecular formula is C13H18ClN3O3. The minimum absolute atomic E-state index is 0.0355. The number of rotatable bonds is 6. The van der Waals surface area contributed by atoms with Crippen molar-refractivity contribution in [1.29, 1.82) is 5.26 Å². The number of carboxylic acid groups (broad SMARTS) is 1. The number of hydrogen-bond acceptors (Lipinski definition) is 4. The van der Waals surface area contributed by atoms with Crippen molar-refractivity contribution >= 4 is 23.5 Å². The summed E-state index contributed by atoms with van der Waals surface area (Å²) >= 11 is 5.51. The van der Waals surface area contributed by atoms with Crippen LogP contribution in [0.4, 0.5) is 0 Å². The summed E-state index contributed by atoms with van der Waals surface area (Å²) in [7, 11) is 0. The van der Waals surface area contributed by atoms with Crippen LogP contribution in [-0.4, -0.2) is 47.4 Å². The van der Waals surface area contributed by atoms with Crippen LogP contribution in [0.25, 0.3) is 0 Å². The number of hydrogen-bond donors (Lipinski definition) is 2. The summed E-state index contributed by atoms with van der Waals surface area (Å²) < 4.78 is 0. The summed E-state index contributed by atoms with van der Waals surface area (Å²) in [6.07, 6.45) is 3.21. The Kier molecular flexibility index (Phi) is 6.88. The molecule has 0 aliphatic carbocycles. The van der Waals surface area contributed by atoms with Crippen LogP contribution in [0.1, 0.15) is 19.3 Å². The molecule has 1 amide bonds. The van der Waals surface area contributed by atoms with Crippen LogP contribution >= 0.6 is 11.6 Å². The number of alkyl halides is 1. The van der Waals surface area contributed by atoms with E-state index in [-0.39, 0.29) is 11.5 Å². The van der Waals surface area contributed by atoms with Crippen LogP contribution in [0, 0.1) is 17.2 Å². The maximum Gasteiger partial charge on any atom is 0.306 e. The maximum atomic E-state index is 11.7. The van der Waals surface area contributed by atoms with Crippen LogP contribution in [-0.2, 0) is 9.59 Å². The summed E-state index contributed by atoms with van der Waals surface area (Å²) in [5.74, 6) is -1.08. The Morgan fingerprint density at radius 2 is 2.10 bits per heavy atom. The van der Waals surface area contributed by atoms with E-state index in [1.54, 1.807) is 0 Å². The minimum atomic E-state index is -0.784. The second-order valence-electron chi connectivity index (χ2n) is 4.60. The number of amides is 1. The summed E-state index contributed by atoms with van der Waals surface area (Å²) in [6.45, 7) is 1.51. The van der Waals surface area contributed by atoms with Gasteiger partial charge in [0.25, 0.3) is 5.91 Å². The third-order valence-electron chi connectivity index (χ3n) is 3.15. The molecule has 110 valence electrons. The van der Waals surface area contributed by atoms with Gasteiger partial charge in [-0.3, -0.25) is 9.59 Å². The van der Waals surface area contributed by atoms with Crippen molar-refractivity contribution in [2.75, 3.05) is 25.5 Å². The summed E-state index contributed by atoms with van der Waals surface area (Å²) in [5.41, 5.74) is 0.0355. The maximum absolute atomic E-state index is 11.7. The number of carbonyl (C=O) groups excluding carboxylic acids is 1. The monoisotopic (exact) mass is 299 g/mol. The van der Waals surface area contributed by atoms with E-state index in [1.807, 2.05) is 11.0 Å². The van der Waals surface area contributed by atoms with Crippen molar-refractivity contribution < 1.29 is 14.7 Å². The first-order valence-electron chi connectivity index (χ1n) is 6.51. The van der Waals surface area contributed by atoms with Gasteiger partial charge in [-0.25, -0.2) is 0 Å². The van der Waals surface area contributed by atoms with Gasteiger partial charge in [0.15, 0.2) is 0 Å². The Labute approximate surface area is 123 Å². The van der Waals surface area contributed by atoms with Gasteiger partial charge < -0.3 is 15.3 Å². The predicted molar refractivity (Wildman–Crippen MR) is 74.0 cm³/mol. The zero-order chi connectivity index (χ0) is 15.0. The molecule has 1 aliphatic heterocycles. The van der Waals surface area contributed by atoms with Gasteiger partial charge in [-0.15, -0.1) is 11.6 Å². The second kappa shape index (κ2) is 8.43. The number of piperidine rings is 1. The molecule has 1 rings (SSSR count). The number of aliphatic carboxylic acids is 1. The highest BCUT2D eigenvalue weighted by molar-refractivity contribution is 6.17. The molecule has 1 saturated heterocycles. The van der Waals surface area contributed by atoms with Crippen LogP contribution in [0.15, 0.2) is 11.8 Å². The fourth-order valence-electron chi connectivity index (χ4n) is 1.96. The van der Waals surface area contributed by atoms with Crippen LogP contribution in [0.5, 0.6) is 0 Å². The van der Waals surface area contributed by atoms with E-state index in [0.29, 0.717) is 44.8 Å². The molecule has 6 nitrogen and oxygen atoms in total. The number of nitrogens with one attached hydrogen (secondary N) is 1. The number of halogens is 1. The number of carbonyl (C=O) groups is 2. The smallest absolute Gasteiger partial charge is 0.306 e. The summed E-state index contributed by atoms with van der Waals surface area (Å²) in [4.78, 5) is 24.4. The van der Waals surface area contributed by atoms with Crippen molar-refractivity contribution in [2.24, 2.45) is 5.92 Å². The van der Waals surface area contributed by atoms with E-state index < -0.39 is 11.9 Å². The van der Waals surface area contributed by atoms with Crippen LogP contribution in [0.3, 0.4) is 0 Å². The topological polar surface area (TPSA) is 93.4 Å². The lowest BCUT2D eigenvalue weighted by Gasteiger charge is -2.29. The lowest BCUT2D eigenvalue weighted by Crippen LogP contribution is -2.34. The van der Waals surface area contributed by atoms with Crippen LogP contribution in [0.2, 0.25) is 0 Å². The molecule has 0 spiro atoms. The number of carboxylic acids is 1. The third-order valence-corrected chi connectivity index (χ3v) is 3.42. The molecular weight excluding hydrogens is 282 g/mol. The Bertz CT molecular complexity index is 423. The standard InChI is InChI=1S/C13H18ClN3O3/c14-4-1-5-16-12(18)11(8-15)9-17-6-2-10(3-7-17)13(19)20/h9-10H,1-7H2,(H,16,18)(H,19,20)/b11-9-. The molecule has 1 fully saturated rings.